The van der Waals surface area contributed by atoms with Crippen LogP contribution in [0.2, 0.25) is 5.02 Å². The average Bonchev–Trinajstić information content (AvgIpc) is 2.53. The van der Waals surface area contributed by atoms with Crippen molar-refractivity contribution in [1.29, 1.82) is 0 Å². The van der Waals surface area contributed by atoms with E-state index in [0.29, 0.717) is 23.1 Å². The number of phenolic OH excluding ortho intramolecular Hbond substituents is 1. The normalized spacial score (nSPS) is 10.0. The number of anilines is 1. The van der Waals surface area contributed by atoms with Gasteiger partial charge in [0.15, 0.2) is 18.2 Å². The first kappa shape index (κ1) is 16.8. The summed E-state index contributed by atoms with van der Waals surface area (Å²) in [5.41, 5.74) is 0.213. The first-order valence-corrected chi connectivity index (χ1v) is 7.36. The first-order valence-electron chi connectivity index (χ1n) is 6.98. The highest BCUT2D eigenvalue weighted by molar-refractivity contribution is 6.31. The Kier molecular flexibility index (Phi) is 5.94. The van der Waals surface area contributed by atoms with Crippen LogP contribution in [0.3, 0.4) is 0 Å². The minimum atomic E-state index is -0.531. The van der Waals surface area contributed by atoms with Crippen LogP contribution in [-0.2, 0) is 0 Å². The molecular formula is C16H17ClN2O4. The number of amides is 2. The number of ether oxygens (including phenoxy) is 2. The third kappa shape index (κ3) is 4.96. The molecule has 0 unspecified atom stereocenters. The van der Waals surface area contributed by atoms with Crippen molar-refractivity contribution in [2.24, 2.45) is 0 Å². The summed E-state index contributed by atoms with van der Waals surface area (Å²) in [6.45, 7) is 2.33. The fraction of sp³-hybridized carbons (Fsp3) is 0.188. The molecule has 0 spiro atoms. The van der Waals surface area contributed by atoms with Gasteiger partial charge >= 0.3 is 6.03 Å². The number of urea groups is 1. The van der Waals surface area contributed by atoms with Crippen LogP contribution in [0.15, 0.2) is 42.5 Å². The van der Waals surface area contributed by atoms with Gasteiger partial charge in [-0.25, -0.2) is 4.79 Å². The van der Waals surface area contributed by atoms with Gasteiger partial charge in [0.25, 0.3) is 0 Å². The number of nitrogens with one attached hydrogen (secondary N) is 2. The molecule has 0 atom stereocenters. The van der Waals surface area contributed by atoms with Crippen LogP contribution in [0.5, 0.6) is 17.2 Å². The summed E-state index contributed by atoms with van der Waals surface area (Å²) in [7, 11) is 0. The molecule has 6 nitrogen and oxygen atoms in total. The molecule has 0 aliphatic heterocycles. The highest BCUT2D eigenvalue weighted by Gasteiger charge is 2.08. The molecule has 0 saturated carbocycles. The van der Waals surface area contributed by atoms with E-state index >= 15 is 0 Å². The predicted molar refractivity (Wildman–Crippen MR) is 88.4 cm³/mol. The highest BCUT2D eigenvalue weighted by atomic mass is 35.5. The number of benzene rings is 2. The summed E-state index contributed by atoms with van der Waals surface area (Å²) in [6, 6.07) is 11.0. The molecule has 0 bridgehead atoms. The van der Waals surface area contributed by atoms with Crippen LogP contribution in [0.25, 0.3) is 0 Å². The Labute approximate surface area is 139 Å². The fourth-order valence-corrected chi connectivity index (χ4v) is 1.97. The van der Waals surface area contributed by atoms with Crippen molar-refractivity contribution in [3.63, 3.8) is 0 Å². The van der Waals surface area contributed by atoms with E-state index < -0.39 is 6.03 Å². The molecule has 2 amide bonds. The van der Waals surface area contributed by atoms with E-state index in [1.54, 1.807) is 12.1 Å². The van der Waals surface area contributed by atoms with Gasteiger partial charge in [-0.15, -0.1) is 0 Å². The van der Waals surface area contributed by atoms with E-state index in [9.17, 15) is 9.90 Å². The van der Waals surface area contributed by atoms with E-state index in [0.717, 1.165) is 0 Å². The Hall–Kier alpha value is -2.60. The van der Waals surface area contributed by atoms with E-state index in [-0.39, 0.29) is 18.2 Å². The maximum absolute atomic E-state index is 11.8. The predicted octanol–water partition coefficient (Wildman–Crippen LogP) is 3.60. The SMILES string of the molecule is CCOc1ccccc1OCNC(=O)Nc1cc(Cl)ccc1O. The molecule has 0 fully saturated rings. The topological polar surface area (TPSA) is 79.8 Å². The van der Waals surface area contributed by atoms with Crippen LogP contribution in [0.4, 0.5) is 10.5 Å². The summed E-state index contributed by atoms with van der Waals surface area (Å²) >= 11 is 5.81. The largest absolute Gasteiger partial charge is 0.506 e. The molecule has 2 rings (SSSR count). The van der Waals surface area contributed by atoms with Crippen molar-refractivity contribution in [3.8, 4) is 17.2 Å². The molecule has 0 heterocycles. The van der Waals surface area contributed by atoms with E-state index in [2.05, 4.69) is 10.6 Å². The second-order valence-electron chi connectivity index (χ2n) is 4.46. The number of hydrogen-bond donors (Lipinski definition) is 3. The van der Waals surface area contributed by atoms with Crippen LogP contribution < -0.4 is 20.1 Å². The van der Waals surface area contributed by atoms with Gasteiger partial charge in [-0.1, -0.05) is 23.7 Å². The Morgan fingerprint density at radius 3 is 2.57 bits per heavy atom. The number of carbonyl (C=O) groups is 1. The second kappa shape index (κ2) is 8.14. The van der Waals surface area contributed by atoms with Gasteiger partial charge < -0.3 is 25.2 Å². The van der Waals surface area contributed by atoms with E-state index in [4.69, 9.17) is 21.1 Å². The Bertz CT molecular complexity index is 679. The maximum atomic E-state index is 11.8. The zero-order valence-corrected chi connectivity index (χ0v) is 13.3. The van der Waals surface area contributed by atoms with E-state index in [1.165, 1.54) is 18.2 Å². The molecule has 0 aliphatic carbocycles. The molecule has 7 heteroatoms. The summed E-state index contributed by atoms with van der Waals surface area (Å²) < 4.78 is 10.9. The number of hydrogen-bond acceptors (Lipinski definition) is 4. The minimum absolute atomic E-state index is 0.0583. The lowest BCUT2D eigenvalue weighted by molar-refractivity contribution is 0.229. The van der Waals surface area contributed by atoms with Crippen LogP contribution in [0, 0.1) is 0 Å². The zero-order valence-electron chi connectivity index (χ0n) is 12.5. The number of halogens is 1. The Balaban J connectivity index is 1.87. The average molecular weight is 337 g/mol. The smallest absolute Gasteiger partial charge is 0.321 e. The molecule has 0 radical (unpaired) electrons. The Morgan fingerprint density at radius 1 is 1.17 bits per heavy atom. The highest BCUT2D eigenvalue weighted by Crippen LogP contribution is 2.27. The number of carbonyl (C=O) groups excluding carboxylic acids is 1. The first-order chi connectivity index (χ1) is 11.1. The van der Waals surface area contributed by atoms with Crippen LogP contribution in [0.1, 0.15) is 6.92 Å². The second-order valence-corrected chi connectivity index (χ2v) is 4.90. The molecule has 2 aromatic rings. The lowest BCUT2D eigenvalue weighted by Gasteiger charge is -2.13. The van der Waals surface area contributed by atoms with Gasteiger partial charge in [-0.2, -0.15) is 0 Å². The molecule has 0 aromatic heterocycles. The summed E-state index contributed by atoms with van der Waals surface area (Å²) in [5.74, 6) is 1.05. The van der Waals surface area contributed by atoms with Crippen LogP contribution in [-0.4, -0.2) is 24.5 Å². The molecule has 0 aliphatic rings. The van der Waals surface area contributed by atoms with Gasteiger partial charge in [-0.05, 0) is 37.3 Å². The number of para-hydroxylation sites is 2. The minimum Gasteiger partial charge on any atom is -0.506 e. The monoisotopic (exact) mass is 336 g/mol. The van der Waals surface area contributed by atoms with Crippen LogP contribution >= 0.6 is 11.6 Å². The lowest BCUT2D eigenvalue weighted by Crippen LogP contribution is -2.32. The van der Waals surface area contributed by atoms with Gasteiger partial charge in [0.05, 0.1) is 12.3 Å². The Morgan fingerprint density at radius 2 is 1.87 bits per heavy atom. The molecular weight excluding hydrogens is 320 g/mol. The van der Waals surface area contributed by atoms with Crippen molar-refractivity contribution in [1.82, 2.24) is 5.32 Å². The standard InChI is InChI=1S/C16H17ClN2O4/c1-2-22-14-5-3-4-6-15(14)23-10-18-16(21)19-12-9-11(17)7-8-13(12)20/h3-9,20H,2,10H2,1H3,(H2,18,19,21). The molecule has 122 valence electrons. The summed E-state index contributed by atoms with van der Waals surface area (Å²) in [6.07, 6.45) is 0. The third-order valence-electron chi connectivity index (χ3n) is 2.82. The molecule has 23 heavy (non-hydrogen) atoms. The van der Waals surface area contributed by atoms with Crippen molar-refractivity contribution in [2.75, 3.05) is 18.7 Å². The van der Waals surface area contributed by atoms with Gasteiger partial charge in [0, 0.05) is 5.02 Å². The molecule has 2 aromatic carbocycles. The summed E-state index contributed by atoms with van der Waals surface area (Å²) in [5, 5.41) is 15.0. The fourth-order valence-electron chi connectivity index (χ4n) is 1.80. The van der Waals surface area contributed by atoms with Gasteiger partial charge in [0.2, 0.25) is 0 Å². The zero-order chi connectivity index (χ0) is 16.7. The van der Waals surface area contributed by atoms with Crippen molar-refractivity contribution >= 4 is 23.3 Å². The maximum Gasteiger partial charge on any atom is 0.321 e. The van der Waals surface area contributed by atoms with Crippen molar-refractivity contribution in [3.05, 3.63) is 47.5 Å². The van der Waals surface area contributed by atoms with E-state index in [1.807, 2.05) is 19.1 Å². The molecule has 3 N–H and O–H groups in total. The van der Waals surface area contributed by atoms with Crippen molar-refractivity contribution in [2.45, 2.75) is 6.92 Å². The number of phenols is 1. The van der Waals surface area contributed by atoms with Gasteiger partial charge in [-0.3, -0.25) is 0 Å². The third-order valence-corrected chi connectivity index (χ3v) is 3.05. The molecule has 0 saturated heterocycles. The van der Waals surface area contributed by atoms with Gasteiger partial charge in [0.1, 0.15) is 5.75 Å². The number of aromatic hydroxyl groups is 1. The van der Waals surface area contributed by atoms with Crippen molar-refractivity contribution < 1.29 is 19.4 Å². The summed E-state index contributed by atoms with van der Waals surface area (Å²) in [4.78, 5) is 11.8. The quantitative estimate of drug-likeness (QED) is 0.556. The lowest BCUT2D eigenvalue weighted by atomic mass is 10.3. The number of rotatable bonds is 6.